The molecule has 0 fully saturated rings. The number of methoxy groups -OCH3 is 1. The number of aliphatic imine (C=N–C) groups is 1. The fourth-order valence-corrected chi connectivity index (χ4v) is 3.13. The third-order valence-electron chi connectivity index (χ3n) is 3.51. The van der Waals surface area contributed by atoms with E-state index >= 15 is 0 Å². The van der Waals surface area contributed by atoms with Gasteiger partial charge in [0.1, 0.15) is 11.0 Å². The van der Waals surface area contributed by atoms with Crippen LogP contribution in [0.1, 0.15) is 11.1 Å². The quantitative estimate of drug-likeness (QED) is 0.536. The first-order chi connectivity index (χ1) is 11.8. The van der Waals surface area contributed by atoms with Gasteiger partial charge in [-0.05, 0) is 53.6 Å². The Balaban J connectivity index is 1.65. The molecule has 0 saturated carbocycles. The number of rotatable bonds is 6. The molecule has 1 aliphatic carbocycles. The third kappa shape index (κ3) is 4.51. The Labute approximate surface area is 147 Å². The monoisotopic (exact) mass is 332 g/mol. The normalized spacial score (nSPS) is 14.1. The van der Waals surface area contributed by atoms with E-state index in [1.165, 1.54) is 5.56 Å². The summed E-state index contributed by atoms with van der Waals surface area (Å²) in [4.78, 5) is 4.64. The zero-order chi connectivity index (χ0) is 16.6. The molecule has 0 spiro atoms. The van der Waals surface area contributed by atoms with Crippen LogP contribution in [0.3, 0.4) is 0 Å². The number of allylic oxidation sites excluding steroid dienone is 1. The van der Waals surface area contributed by atoms with Crippen LogP contribution in [-0.4, -0.2) is 13.3 Å². The van der Waals surface area contributed by atoms with E-state index in [9.17, 15) is 0 Å². The summed E-state index contributed by atoms with van der Waals surface area (Å²) >= 11 is 1.78. The standard InChI is InChI=1S/C21H18NOS/c1-23-19-13-11-17(12-14-19)15-22-20-9-5-6-10-21(20)24-16-18-7-3-2-4-8-18/h2-5,7-15H,16H2,1H3. The van der Waals surface area contributed by atoms with Crippen LogP contribution >= 0.6 is 11.8 Å². The molecule has 0 N–H and O–H groups in total. The van der Waals surface area contributed by atoms with Crippen LogP contribution < -0.4 is 4.74 Å². The predicted molar refractivity (Wildman–Crippen MR) is 102 cm³/mol. The van der Waals surface area contributed by atoms with Crippen LogP contribution in [-0.2, 0) is 5.75 Å². The van der Waals surface area contributed by atoms with E-state index < -0.39 is 0 Å². The Morgan fingerprint density at radius 2 is 1.88 bits per heavy atom. The van der Waals surface area contributed by atoms with E-state index in [-0.39, 0.29) is 0 Å². The fraction of sp³-hybridized carbons (Fsp3) is 0.0952. The maximum atomic E-state index is 5.17. The lowest BCUT2D eigenvalue weighted by atomic mass is 10.2. The van der Waals surface area contributed by atoms with Gasteiger partial charge in [-0.25, -0.2) is 0 Å². The summed E-state index contributed by atoms with van der Waals surface area (Å²) in [6.07, 6.45) is 7.76. The van der Waals surface area contributed by atoms with E-state index in [4.69, 9.17) is 4.74 Å². The highest BCUT2D eigenvalue weighted by Crippen LogP contribution is 2.33. The number of ether oxygens (including phenoxy) is 1. The van der Waals surface area contributed by atoms with Gasteiger partial charge in [0.25, 0.3) is 0 Å². The minimum atomic E-state index is 0.848. The molecule has 0 unspecified atom stereocenters. The average molecular weight is 332 g/mol. The highest BCUT2D eigenvalue weighted by atomic mass is 32.2. The van der Waals surface area contributed by atoms with Crippen molar-refractivity contribution in [3.63, 3.8) is 0 Å². The Morgan fingerprint density at radius 1 is 1.08 bits per heavy atom. The molecule has 24 heavy (non-hydrogen) atoms. The molecular formula is C21H18NOS. The lowest BCUT2D eigenvalue weighted by Gasteiger charge is -2.13. The second kappa shape index (κ2) is 8.39. The average Bonchev–Trinajstić information content (AvgIpc) is 2.66. The predicted octanol–water partition coefficient (Wildman–Crippen LogP) is 5.19. The fourth-order valence-electron chi connectivity index (χ4n) is 2.20. The number of hydrogen-bond acceptors (Lipinski definition) is 3. The molecule has 0 heterocycles. The number of benzene rings is 2. The molecular weight excluding hydrogens is 314 g/mol. The summed E-state index contributed by atoms with van der Waals surface area (Å²) < 4.78 is 5.17. The van der Waals surface area contributed by atoms with Crippen molar-refractivity contribution < 1.29 is 4.74 Å². The van der Waals surface area contributed by atoms with Crippen LogP contribution in [0.2, 0.25) is 0 Å². The minimum absolute atomic E-state index is 0.848. The Bertz CT molecular complexity index is 784. The molecule has 1 aliphatic rings. The molecule has 0 aromatic heterocycles. The van der Waals surface area contributed by atoms with Crippen LogP contribution in [0.5, 0.6) is 5.75 Å². The minimum Gasteiger partial charge on any atom is -0.497 e. The van der Waals surface area contributed by atoms with Crippen LogP contribution in [0, 0.1) is 5.25 Å². The number of hydrogen-bond donors (Lipinski definition) is 0. The molecule has 119 valence electrons. The van der Waals surface area contributed by atoms with Crippen molar-refractivity contribution in [1.29, 1.82) is 0 Å². The molecule has 2 nitrogen and oxygen atoms in total. The van der Waals surface area contributed by atoms with E-state index in [0.29, 0.717) is 0 Å². The Kier molecular flexibility index (Phi) is 5.73. The summed E-state index contributed by atoms with van der Waals surface area (Å²) in [5.41, 5.74) is 6.45. The number of thioether (sulfide) groups is 1. The van der Waals surface area contributed by atoms with Crippen molar-refractivity contribution in [1.82, 2.24) is 0 Å². The maximum Gasteiger partial charge on any atom is 0.118 e. The van der Waals surface area contributed by atoms with Gasteiger partial charge in [0.2, 0.25) is 0 Å². The van der Waals surface area contributed by atoms with Gasteiger partial charge in [-0.2, -0.15) is 0 Å². The smallest absolute Gasteiger partial charge is 0.118 e. The first kappa shape index (κ1) is 16.4. The van der Waals surface area contributed by atoms with Crippen LogP contribution in [0.4, 0.5) is 0 Å². The molecule has 0 saturated heterocycles. The molecule has 2 aromatic carbocycles. The van der Waals surface area contributed by atoms with E-state index in [1.54, 1.807) is 18.9 Å². The van der Waals surface area contributed by atoms with E-state index in [1.807, 2.05) is 54.8 Å². The molecule has 3 rings (SSSR count). The van der Waals surface area contributed by atoms with E-state index in [0.717, 1.165) is 28.0 Å². The van der Waals surface area contributed by atoms with E-state index in [2.05, 4.69) is 35.0 Å². The highest BCUT2D eigenvalue weighted by molar-refractivity contribution is 8.01. The first-order valence-corrected chi connectivity index (χ1v) is 8.68. The summed E-state index contributed by atoms with van der Waals surface area (Å²) in [6.45, 7) is 0. The van der Waals surface area contributed by atoms with Gasteiger partial charge in [-0.3, -0.25) is 4.99 Å². The Morgan fingerprint density at radius 3 is 2.62 bits per heavy atom. The molecule has 1 radical (unpaired) electrons. The van der Waals surface area contributed by atoms with Crippen LogP contribution in [0.15, 0.2) is 89.2 Å². The first-order valence-electron chi connectivity index (χ1n) is 7.70. The summed E-state index contributed by atoms with van der Waals surface area (Å²) in [7, 11) is 1.67. The van der Waals surface area contributed by atoms with Gasteiger partial charge < -0.3 is 4.74 Å². The zero-order valence-corrected chi connectivity index (χ0v) is 14.3. The molecule has 0 bridgehead atoms. The molecule has 0 atom stereocenters. The SMILES string of the molecule is COc1ccc(C=NC2=CC=C=C[C]2SCc2ccccc2)cc1. The summed E-state index contributed by atoms with van der Waals surface area (Å²) in [5, 5.41) is 1.13. The lowest BCUT2D eigenvalue weighted by Crippen LogP contribution is -1.96. The molecule has 0 amide bonds. The Hall–Kier alpha value is -2.48. The topological polar surface area (TPSA) is 21.6 Å². The molecule has 0 aliphatic heterocycles. The molecule has 2 aromatic rings. The van der Waals surface area contributed by atoms with Gasteiger partial charge in [0.15, 0.2) is 0 Å². The van der Waals surface area contributed by atoms with Gasteiger partial charge in [0.05, 0.1) is 12.8 Å². The van der Waals surface area contributed by atoms with Gasteiger partial charge >= 0.3 is 0 Å². The summed E-state index contributed by atoms with van der Waals surface area (Å²) in [5.74, 6) is 1.77. The van der Waals surface area contributed by atoms with Crippen molar-refractivity contribution in [2.45, 2.75) is 5.75 Å². The second-order valence-electron chi connectivity index (χ2n) is 5.20. The second-order valence-corrected chi connectivity index (χ2v) is 6.22. The largest absolute Gasteiger partial charge is 0.497 e. The van der Waals surface area contributed by atoms with Crippen molar-refractivity contribution in [3.8, 4) is 5.75 Å². The maximum absolute atomic E-state index is 5.17. The van der Waals surface area contributed by atoms with Crippen molar-refractivity contribution >= 4 is 18.0 Å². The highest BCUT2D eigenvalue weighted by Gasteiger charge is 2.13. The summed E-state index contributed by atoms with van der Waals surface area (Å²) in [6, 6.07) is 18.3. The van der Waals surface area contributed by atoms with Crippen molar-refractivity contribution in [2.24, 2.45) is 4.99 Å². The lowest BCUT2D eigenvalue weighted by molar-refractivity contribution is 0.415. The zero-order valence-electron chi connectivity index (χ0n) is 13.5. The van der Waals surface area contributed by atoms with Crippen molar-refractivity contribution in [2.75, 3.05) is 7.11 Å². The van der Waals surface area contributed by atoms with Crippen LogP contribution in [0.25, 0.3) is 0 Å². The molecule has 3 heteroatoms. The van der Waals surface area contributed by atoms with Crippen molar-refractivity contribution in [3.05, 3.63) is 101 Å². The van der Waals surface area contributed by atoms with Gasteiger partial charge in [0, 0.05) is 12.0 Å². The van der Waals surface area contributed by atoms with Gasteiger partial charge in [-0.15, -0.1) is 17.5 Å². The number of nitrogens with zero attached hydrogens (tertiary/aromatic N) is 1. The van der Waals surface area contributed by atoms with Gasteiger partial charge in [-0.1, -0.05) is 30.3 Å². The third-order valence-corrected chi connectivity index (χ3v) is 4.63.